The number of hydrogen-bond donors (Lipinski definition) is 2. The summed E-state index contributed by atoms with van der Waals surface area (Å²) in [6, 6.07) is 7.92. The Morgan fingerprint density at radius 1 is 1.17 bits per heavy atom. The summed E-state index contributed by atoms with van der Waals surface area (Å²) in [5.74, 6) is -1.35. The van der Waals surface area contributed by atoms with Gasteiger partial charge in [-0.15, -0.1) is 0 Å². The summed E-state index contributed by atoms with van der Waals surface area (Å²) in [6.45, 7) is 0. The molecular formula is C20H18O8S. The number of furan rings is 1. The van der Waals surface area contributed by atoms with Crippen LogP contribution in [0.25, 0.3) is 17.0 Å². The molecule has 8 nitrogen and oxygen atoms in total. The van der Waals surface area contributed by atoms with Gasteiger partial charge >= 0.3 is 0 Å². The van der Waals surface area contributed by atoms with Gasteiger partial charge in [0.2, 0.25) is 5.75 Å². The van der Waals surface area contributed by atoms with Gasteiger partial charge in [-0.2, -0.15) is 8.42 Å². The number of aromatic hydroxyl groups is 1. The Kier molecular flexibility index (Phi) is 5.62. The number of phenols is 1. The third-order valence-corrected chi connectivity index (χ3v) is 4.88. The first-order valence-corrected chi connectivity index (χ1v) is 9.96. The van der Waals surface area contributed by atoms with E-state index < -0.39 is 27.4 Å². The number of methoxy groups -OCH3 is 2. The Labute approximate surface area is 166 Å². The molecule has 0 aliphatic heterocycles. The molecule has 0 radical (unpaired) electrons. The standard InChI is InChI=1S/C20H18O8S/c1-26-18-14-8-9-28-19(14)20(27-2)17(22)16(18)15(21)7-6-12-4-3-5-13(10-12)11-29(23,24)25/h3-10,22H,11H2,1-2H3,(H,23,24,25). The van der Waals surface area contributed by atoms with E-state index in [9.17, 15) is 18.3 Å². The number of rotatable bonds is 7. The number of phenolic OH excluding ortho intramolecular Hbond substituents is 1. The normalized spacial score (nSPS) is 11.8. The second kappa shape index (κ2) is 7.98. The van der Waals surface area contributed by atoms with E-state index in [1.807, 2.05) is 0 Å². The monoisotopic (exact) mass is 418 g/mol. The van der Waals surface area contributed by atoms with Crippen molar-refractivity contribution in [3.05, 3.63) is 59.4 Å². The predicted molar refractivity (Wildman–Crippen MR) is 106 cm³/mol. The zero-order chi connectivity index (χ0) is 21.2. The van der Waals surface area contributed by atoms with E-state index in [-0.39, 0.29) is 22.6 Å². The number of carbonyl (C=O) groups is 1. The zero-order valence-corrected chi connectivity index (χ0v) is 16.4. The van der Waals surface area contributed by atoms with Gasteiger partial charge in [-0.3, -0.25) is 9.35 Å². The number of carbonyl (C=O) groups excluding carboxylic acids is 1. The van der Waals surface area contributed by atoms with Crippen molar-refractivity contribution >= 4 is 32.9 Å². The van der Waals surface area contributed by atoms with Crippen molar-refractivity contribution in [3.63, 3.8) is 0 Å². The number of fused-ring (bicyclic) bond motifs is 1. The van der Waals surface area contributed by atoms with Crippen LogP contribution in [0, 0.1) is 0 Å². The lowest BCUT2D eigenvalue weighted by atomic mass is 10.0. The average molecular weight is 418 g/mol. The van der Waals surface area contributed by atoms with Gasteiger partial charge in [-0.1, -0.05) is 30.3 Å². The fraction of sp³-hybridized carbons (Fsp3) is 0.150. The first-order valence-electron chi connectivity index (χ1n) is 8.35. The lowest BCUT2D eigenvalue weighted by Crippen LogP contribution is -2.02. The molecule has 2 N–H and O–H groups in total. The molecule has 0 aliphatic rings. The number of ether oxygens (including phenoxy) is 2. The highest BCUT2D eigenvalue weighted by molar-refractivity contribution is 7.85. The van der Waals surface area contributed by atoms with Crippen LogP contribution in [0.3, 0.4) is 0 Å². The fourth-order valence-electron chi connectivity index (χ4n) is 3.01. The SMILES string of the molecule is COc1c(C(=O)C=Cc2cccc(CS(=O)(=O)O)c2)c(O)c(OC)c2occc12. The Balaban J connectivity index is 2.00. The highest BCUT2D eigenvalue weighted by atomic mass is 32.2. The molecule has 0 bridgehead atoms. The third-order valence-electron chi connectivity index (χ3n) is 4.18. The maximum absolute atomic E-state index is 12.8. The summed E-state index contributed by atoms with van der Waals surface area (Å²) in [7, 11) is -1.46. The summed E-state index contributed by atoms with van der Waals surface area (Å²) in [5.41, 5.74) is 1.06. The van der Waals surface area contributed by atoms with Crippen molar-refractivity contribution in [2.75, 3.05) is 14.2 Å². The summed E-state index contributed by atoms with van der Waals surface area (Å²) in [4.78, 5) is 12.8. The molecule has 1 heterocycles. The van der Waals surface area contributed by atoms with Crippen LogP contribution in [-0.2, 0) is 15.9 Å². The largest absolute Gasteiger partial charge is 0.504 e. The van der Waals surface area contributed by atoms with Gasteiger partial charge in [0.15, 0.2) is 17.1 Å². The molecular weight excluding hydrogens is 400 g/mol. The molecule has 0 aliphatic carbocycles. The Bertz CT molecular complexity index is 1200. The zero-order valence-electron chi connectivity index (χ0n) is 15.6. The third kappa shape index (κ3) is 4.25. The van der Waals surface area contributed by atoms with Gasteiger partial charge < -0.3 is 19.0 Å². The van der Waals surface area contributed by atoms with Gasteiger partial charge in [0.1, 0.15) is 17.1 Å². The molecule has 3 aromatic rings. The molecule has 9 heteroatoms. The van der Waals surface area contributed by atoms with Crippen molar-refractivity contribution in [1.82, 2.24) is 0 Å². The van der Waals surface area contributed by atoms with Gasteiger partial charge in [0.25, 0.3) is 10.1 Å². The van der Waals surface area contributed by atoms with Gasteiger partial charge in [-0.25, -0.2) is 0 Å². The van der Waals surface area contributed by atoms with E-state index in [1.165, 1.54) is 38.7 Å². The molecule has 0 unspecified atom stereocenters. The van der Waals surface area contributed by atoms with Crippen molar-refractivity contribution < 1.29 is 36.8 Å². The van der Waals surface area contributed by atoms with Crippen molar-refractivity contribution in [2.45, 2.75) is 5.75 Å². The lowest BCUT2D eigenvalue weighted by molar-refractivity contribution is 0.104. The minimum Gasteiger partial charge on any atom is -0.504 e. The van der Waals surface area contributed by atoms with E-state index in [1.54, 1.807) is 24.3 Å². The van der Waals surface area contributed by atoms with Crippen LogP contribution in [0.5, 0.6) is 17.2 Å². The lowest BCUT2D eigenvalue weighted by Gasteiger charge is -2.13. The van der Waals surface area contributed by atoms with Crippen LogP contribution in [0.1, 0.15) is 21.5 Å². The van der Waals surface area contributed by atoms with Crippen LogP contribution < -0.4 is 9.47 Å². The van der Waals surface area contributed by atoms with Crippen LogP contribution in [-0.4, -0.2) is 38.1 Å². The van der Waals surface area contributed by atoms with Crippen molar-refractivity contribution in [1.29, 1.82) is 0 Å². The molecule has 2 aromatic carbocycles. The maximum atomic E-state index is 12.8. The first-order chi connectivity index (χ1) is 13.7. The molecule has 0 fully saturated rings. The molecule has 1 aromatic heterocycles. The summed E-state index contributed by atoms with van der Waals surface area (Å²) >= 11 is 0. The van der Waals surface area contributed by atoms with E-state index in [4.69, 9.17) is 18.4 Å². The molecule has 0 atom stereocenters. The van der Waals surface area contributed by atoms with E-state index in [2.05, 4.69) is 0 Å². The quantitative estimate of drug-likeness (QED) is 0.340. The number of ketones is 1. The Morgan fingerprint density at radius 3 is 2.55 bits per heavy atom. The van der Waals surface area contributed by atoms with Crippen LogP contribution in [0.15, 0.2) is 47.1 Å². The summed E-state index contributed by atoms with van der Waals surface area (Å²) in [6.07, 6.45) is 4.07. The van der Waals surface area contributed by atoms with Crippen LogP contribution in [0.4, 0.5) is 0 Å². The molecule has 0 spiro atoms. The smallest absolute Gasteiger partial charge is 0.269 e. The number of allylic oxidation sites excluding steroid dienone is 1. The highest BCUT2D eigenvalue weighted by Gasteiger charge is 2.26. The van der Waals surface area contributed by atoms with E-state index >= 15 is 0 Å². The minimum atomic E-state index is -4.17. The average Bonchev–Trinajstić information content (AvgIpc) is 3.13. The van der Waals surface area contributed by atoms with Gasteiger partial charge in [0.05, 0.1) is 25.9 Å². The molecule has 29 heavy (non-hydrogen) atoms. The van der Waals surface area contributed by atoms with Crippen molar-refractivity contribution in [3.8, 4) is 17.2 Å². The second-order valence-corrected chi connectivity index (χ2v) is 7.57. The first kappa shape index (κ1) is 20.4. The topological polar surface area (TPSA) is 123 Å². The number of benzene rings is 2. The van der Waals surface area contributed by atoms with Gasteiger partial charge in [-0.05, 0) is 23.3 Å². The predicted octanol–water partition coefficient (Wildman–Crippen LogP) is 3.44. The molecule has 0 amide bonds. The van der Waals surface area contributed by atoms with Crippen LogP contribution >= 0.6 is 0 Å². The maximum Gasteiger partial charge on any atom is 0.269 e. The summed E-state index contributed by atoms with van der Waals surface area (Å²) in [5, 5.41) is 11.0. The molecule has 3 rings (SSSR count). The van der Waals surface area contributed by atoms with Crippen molar-refractivity contribution in [2.24, 2.45) is 0 Å². The molecule has 0 saturated carbocycles. The van der Waals surface area contributed by atoms with Crippen LogP contribution in [0.2, 0.25) is 0 Å². The van der Waals surface area contributed by atoms with E-state index in [0.29, 0.717) is 16.5 Å². The van der Waals surface area contributed by atoms with E-state index in [0.717, 1.165) is 0 Å². The summed E-state index contributed by atoms with van der Waals surface area (Å²) < 4.78 is 46.9. The minimum absolute atomic E-state index is 0.0118. The second-order valence-electron chi connectivity index (χ2n) is 6.12. The van der Waals surface area contributed by atoms with Gasteiger partial charge in [0, 0.05) is 0 Å². The Hall–Kier alpha value is -3.30. The fourth-order valence-corrected chi connectivity index (χ4v) is 3.61. The highest BCUT2D eigenvalue weighted by Crippen LogP contribution is 2.45. The number of hydrogen-bond acceptors (Lipinski definition) is 7. The molecule has 0 saturated heterocycles. The Morgan fingerprint density at radius 2 is 1.90 bits per heavy atom. The molecule has 152 valence electrons.